The lowest BCUT2D eigenvalue weighted by Crippen LogP contribution is -2.34. The quantitative estimate of drug-likeness (QED) is 0.781. The van der Waals surface area contributed by atoms with Crippen molar-refractivity contribution in [3.05, 3.63) is 59.2 Å². The van der Waals surface area contributed by atoms with E-state index < -0.39 is 0 Å². The molecule has 0 radical (unpaired) electrons. The summed E-state index contributed by atoms with van der Waals surface area (Å²) >= 11 is 0. The van der Waals surface area contributed by atoms with Crippen LogP contribution in [0, 0.1) is 5.92 Å². The molecular weight excluding hydrogens is 310 g/mol. The zero-order valence-electron chi connectivity index (χ0n) is 15.9. The van der Waals surface area contributed by atoms with Crippen LogP contribution in [0.25, 0.3) is 11.1 Å². The van der Waals surface area contributed by atoms with E-state index in [1.807, 2.05) is 26.0 Å². The zero-order chi connectivity index (χ0) is 18.6. The van der Waals surface area contributed by atoms with Crippen molar-refractivity contribution in [1.82, 2.24) is 0 Å². The molecule has 0 bridgehead atoms. The van der Waals surface area contributed by atoms with Crippen LogP contribution in [-0.4, -0.2) is 18.6 Å². The molecule has 0 amide bonds. The standard InChI is InChI=1S/C22H29NO2/c1-15(2)12-19-13-18(10-11-20(19)21(24)25-5)17-8-6-16(7-9-17)14-22(3,4)23/h6-11,13,15H,12,14,23H2,1-5H3. The summed E-state index contributed by atoms with van der Waals surface area (Å²) in [5, 5.41) is 0. The first kappa shape index (κ1) is 19.2. The third-order valence-electron chi connectivity index (χ3n) is 4.09. The Hall–Kier alpha value is -2.13. The van der Waals surface area contributed by atoms with E-state index in [2.05, 4.69) is 44.2 Å². The number of hydrogen-bond acceptors (Lipinski definition) is 3. The topological polar surface area (TPSA) is 52.3 Å². The lowest BCUT2D eigenvalue weighted by molar-refractivity contribution is 0.0599. The van der Waals surface area contributed by atoms with E-state index in [4.69, 9.17) is 10.5 Å². The van der Waals surface area contributed by atoms with Gasteiger partial charge in [-0.2, -0.15) is 0 Å². The van der Waals surface area contributed by atoms with Gasteiger partial charge in [0.15, 0.2) is 0 Å². The fraction of sp³-hybridized carbons (Fsp3) is 0.409. The Morgan fingerprint density at radius 3 is 2.20 bits per heavy atom. The maximum absolute atomic E-state index is 12.0. The molecule has 0 atom stereocenters. The summed E-state index contributed by atoms with van der Waals surface area (Å²) in [6.07, 6.45) is 1.69. The van der Waals surface area contributed by atoms with Gasteiger partial charge in [-0.15, -0.1) is 0 Å². The number of nitrogens with two attached hydrogens (primary N) is 1. The molecule has 2 N–H and O–H groups in total. The monoisotopic (exact) mass is 339 g/mol. The summed E-state index contributed by atoms with van der Waals surface area (Å²) in [6, 6.07) is 14.4. The molecule has 0 unspecified atom stereocenters. The Bertz CT molecular complexity index is 725. The summed E-state index contributed by atoms with van der Waals surface area (Å²) < 4.78 is 4.92. The highest BCUT2D eigenvalue weighted by molar-refractivity contribution is 5.92. The molecular formula is C22H29NO2. The molecule has 25 heavy (non-hydrogen) atoms. The largest absolute Gasteiger partial charge is 0.465 e. The molecule has 0 aliphatic carbocycles. The van der Waals surface area contributed by atoms with Gasteiger partial charge in [0, 0.05) is 5.54 Å². The fourth-order valence-corrected chi connectivity index (χ4v) is 3.03. The number of methoxy groups -OCH3 is 1. The van der Waals surface area contributed by atoms with E-state index >= 15 is 0 Å². The highest BCUT2D eigenvalue weighted by Gasteiger charge is 2.15. The Kier molecular flexibility index (Phi) is 6.02. The van der Waals surface area contributed by atoms with Gasteiger partial charge in [0.1, 0.15) is 0 Å². The molecule has 0 saturated heterocycles. The van der Waals surface area contributed by atoms with Crippen LogP contribution in [0.2, 0.25) is 0 Å². The van der Waals surface area contributed by atoms with Crippen LogP contribution in [0.15, 0.2) is 42.5 Å². The maximum Gasteiger partial charge on any atom is 0.338 e. The maximum atomic E-state index is 12.0. The molecule has 0 heterocycles. The number of rotatable bonds is 6. The van der Waals surface area contributed by atoms with E-state index in [1.54, 1.807) is 0 Å². The summed E-state index contributed by atoms with van der Waals surface area (Å²) in [4.78, 5) is 12.0. The van der Waals surface area contributed by atoms with Crippen LogP contribution in [-0.2, 0) is 17.6 Å². The van der Waals surface area contributed by atoms with Gasteiger partial charge >= 0.3 is 5.97 Å². The number of carbonyl (C=O) groups excluding carboxylic acids is 1. The number of ether oxygens (including phenoxy) is 1. The van der Waals surface area contributed by atoms with Gasteiger partial charge in [-0.25, -0.2) is 4.79 Å². The predicted molar refractivity (Wildman–Crippen MR) is 104 cm³/mol. The fourth-order valence-electron chi connectivity index (χ4n) is 3.03. The smallest absolute Gasteiger partial charge is 0.338 e. The number of carbonyl (C=O) groups is 1. The molecule has 3 heteroatoms. The lowest BCUT2D eigenvalue weighted by atomic mass is 9.92. The van der Waals surface area contributed by atoms with Crippen LogP contribution in [0.5, 0.6) is 0 Å². The predicted octanol–water partition coefficient (Wildman–Crippen LogP) is 4.62. The molecule has 0 saturated carbocycles. The minimum atomic E-state index is -0.275. The Morgan fingerprint density at radius 2 is 1.68 bits per heavy atom. The summed E-state index contributed by atoms with van der Waals surface area (Å²) in [7, 11) is 1.42. The molecule has 0 fully saturated rings. The summed E-state index contributed by atoms with van der Waals surface area (Å²) in [6.45, 7) is 8.36. The third kappa shape index (κ3) is 5.43. The van der Waals surface area contributed by atoms with Gasteiger partial charge in [0.05, 0.1) is 12.7 Å². The average Bonchev–Trinajstić information content (AvgIpc) is 2.53. The Morgan fingerprint density at radius 1 is 1.08 bits per heavy atom. The van der Waals surface area contributed by atoms with Crippen molar-refractivity contribution >= 4 is 5.97 Å². The molecule has 2 aromatic carbocycles. The summed E-state index contributed by atoms with van der Waals surface area (Å²) in [5.74, 6) is 0.190. The molecule has 2 rings (SSSR count). The second-order valence-corrected chi connectivity index (χ2v) is 7.82. The van der Waals surface area contributed by atoms with E-state index in [0.717, 1.165) is 29.5 Å². The van der Waals surface area contributed by atoms with E-state index in [1.165, 1.54) is 12.7 Å². The van der Waals surface area contributed by atoms with Gasteiger partial charge in [0.2, 0.25) is 0 Å². The van der Waals surface area contributed by atoms with Crippen molar-refractivity contribution in [2.45, 2.75) is 46.1 Å². The lowest BCUT2D eigenvalue weighted by Gasteiger charge is -2.18. The zero-order valence-corrected chi connectivity index (χ0v) is 15.9. The van der Waals surface area contributed by atoms with Gasteiger partial charge in [0.25, 0.3) is 0 Å². The van der Waals surface area contributed by atoms with Gasteiger partial charge in [-0.05, 0) is 60.9 Å². The highest BCUT2D eigenvalue weighted by atomic mass is 16.5. The van der Waals surface area contributed by atoms with Gasteiger partial charge in [-0.3, -0.25) is 0 Å². The minimum absolute atomic E-state index is 0.214. The summed E-state index contributed by atoms with van der Waals surface area (Å²) in [5.41, 5.74) is 11.0. The van der Waals surface area contributed by atoms with E-state index in [9.17, 15) is 4.79 Å². The van der Waals surface area contributed by atoms with E-state index in [-0.39, 0.29) is 11.5 Å². The second kappa shape index (κ2) is 7.83. The molecule has 0 spiro atoms. The van der Waals surface area contributed by atoms with Gasteiger partial charge in [-0.1, -0.05) is 50.2 Å². The van der Waals surface area contributed by atoms with Crippen molar-refractivity contribution < 1.29 is 9.53 Å². The molecule has 2 aromatic rings. The van der Waals surface area contributed by atoms with Crippen molar-refractivity contribution in [3.8, 4) is 11.1 Å². The third-order valence-corrected chi connectivity index (χ3v) is 4.09. The van der Waals surface area contributed by atoms with Crippen molar-refractivity contribution in [1.29, 1.82) is 0 Å². The average molecular weight is 339 g/mol. The first-order chi connectivity index (χ1) is 11.7. The highest BCUT2D eigenvalue weighted by Crippen LogP contribution is 2.26. The van der Waals surface area contributed by atoms with Crippen molar-refractivity contribution in [2.24, 2.45) is 11.7 Å². The number of esters is 1. The van der Waals surface area contributed by atoms with Crippen LogP contribution in [0.3, 0.4) is 0 Å². The molecule has 0 aliphatic heterocycles. The van der Waals surface area contributed by atoms with Crippen LogP contribution in [0.1, 0.15) is 49.2 Å². The second-order valence-electron chi connectivity index (χ2n) is 7.82. The number of hydrogen-bond donors (Lipinski definition) is 1. The molecule has 0 aromatic heterocycles. The SMILES string of the molecule is COC(=O)c1ccc(-c2ccc(CC(C)(C)N)cc2)cc1CC(C)C. The first-order valence-electron chi connectivity index (χ1n) is 8.79. The Balaban J connectivity index is 2.34. The normalized spacial score (nSPS) is 11.6. The molecule has 0 aliphatic rings. The van der Waals surface area contributed by atoms with Crippen molar-refractivity contribution in [2.75, 3.05) is 7.11 Å². The van der Waals surface area contributed by atoms with Gasteiger partial charge < -0.3 is 10.5 Å². The van der Waals surface area contributed by atoms with Crippen LogP contribution >= 0.6 is 0 Å². The van der Waals surface area contributed by atoms with Crippen molar-refractivity contribution in [3.63, 3.8) is 0 Å². The molecule has 3 nitrogen and oxygen atoms in total. The Labute approximate surface area is 151 Å². The van der Waals surface area contributed by atoms with Crippen LogP contribution in [0.4, 0.5) is 0 Å². The number of benzene rings is 2. The van der Waals surface area contributed by atoms with Crippen LogP contribution < -0.4 is 5.73 Å². The minimum Gasteiger partial charge on any atom is -0.465 e. The first-order valence-corrected chi connectivity index (χ1v) is 8.79. The molecule has 134 valence electrons. The van der Waals surface area contributed by atoms with E-state index in [0.29, 0.717) is 11.5 Å².